The molecule has 6 nitrogen and oxygen atoms in total. The molecule has 2 aromatic heterocycles. The van der Waals surface area contributed by atoms with Gasteiger partial charge in [0.25, 0.3) is 5.91 Å². The predicted octanol–water partition coefficient (Wildman–Crippen LogP) is 5.66. The van der Waals surface area contributed by atoms with Crippen molar-refractivity contribution in [1.82, 2.24) is 4.98 Å². The highest BCUT2D eigenvalue weighted by Crippen LogP contribution is 2.26. The Bertz CT molecular complexity index is 1190. The van der Waals surface area contributed by atoms with Crippen LogP contribution in [-0.2, 0) is 11.4 Å². The molecule has 2 heterocycles. The first-order chi connectivity index (χ1) is 15.1. The van der Waals surface area contributed by atoms with Gasteiger partial charge < -0.3 is 10.1 Å². The van der Waals surface area contributed by atoms with Crippen LogP contribution in [-0.4, -0.2) is 16.8 Å². The van der Waals surface area contributed by atoms with Crippen LogP contribution < -0.4 is 15.4 Å². The second-order valence-corrected chi connectivity index (χ2v) is 8.54. The SMILES string of the molecule is CC(=O)Nc1ccc(-c2csc(NC(=O)c3cccc(OCc4cccs4)c3)n2)cc1. The molecule has 0 aliphatic carbocycles. The fourth-order valence-corrected chi connectivity index (χ4v) is 4.17. The lowest BCUT2D eigenvalue weighted by molar-refractivity contribution is -0.114. The van der Waals surface area contributed by atoms with Crippen molar-refractivity contribution in [3.05, 3.63) is 81.9 Å². The van der Waals surface area contributed by atoms with Crippen LogP contribution in [0.15, 0.2) is 71.4 Å². The number of hydrogen-bond acceptors (Lipinski definition) is 6. The molecule has 0 aliphatic heterocycles. The number of thiophene rings is 1. The molecule has 0 fully saturated rings. The van der Waals surface area contributed by atoms with E-state index in [1.807, 2.05) is 53.2 Å². The van der Waals surface area contributed by atoms with Gasteiger partial charge in [0, 0.05) is 34.0 Å². The molecular formula is C23H19N3O3S2. The Labute approximate surface area is 187 Å². The van der Waals surface area contributed by atoms with E-state index in [2.05, 4.69) is 15.6 Å². The van der Waals surface area contributed by atoms with Gasteiger partial charge in [0.15, 0.2) is 5.13 Å². The molecule has 0 unspecified atom stereocenters. The summed E-state index contributed by atoms with van der Waals surface area (Å²) in [7, 11) is 0. The molecule has 2 amide bonds. The van der Waals surface area contributed by atoms with E-state index in [0.717, 1.165) is 21.8 Å². The number of nitrogens with one attached hydrogen (secondary N) is 2. The minimum atomic E-state index is -0.247. The number of amides is 2. The smallest absolute Gasteiger partial charge is 0.257 e. The second kappa shape index (κ2) is 9.55. The minimum absolute atomic E-state index is 0.118. The van der Waals surface area contributed by atoms with Gasteiger partial charge in [0.1, 0.15) is 12.4 Å². The zero-order chi connectivity index (χ0) is 21.6. The maximum atomic E-state index is 12.7. The van der Waals surface area contributed by atoms with E-state index >= 15 is 0 Å². The third kappa shape index (κ3) is 5.56. The highest BCUT2D eigenvalue weighted by molar-refractivity contribution is 7.14. The Balaban J connectivity index is 1.39. The van der Waals surface area contributed by atoms with Gasteiger partial charge in [-0.25, -0.2) is 4.98 Å². The Morgan fingerprint density at radius 3 is 2.58 bits per heavy atom. The van der Waals surface area contributed by atoms with E-state index in [1.54, 1.807) is 29.5 Å². The van der Waals surface area contributed by atoms with Crippen molar-refractivity contribution >= 4 is 45.3 Å². The molecule has 0 saturated carbocycles. The van der Waals surface area contributed by atoms with Crippen molar-refractivity contribution in [2.75, 3.05) is 10.6 Å². The first-order valence-corrected chi connectivity index (χ1v) is 11.2. The molecule has 4 rings (SSSR count). The van der Waals surface area contributed by atoms with Gasteiger partial charge in [-0.1, -0.05) is 24.3 Å². The fourth-order valence-electron chi connectivity index (χ4n) is 2.84. The molecule has 2 aromatic carbocycles. The summed E-state index contributed by atoms with van der Waals surface area (Å²) in [6.07, 6.45) is 0. The van der Waals surface area contributed by atoms with Crippen molar-refractivity contribution in [2.45, 2.75) is 13.5 Å². The molecule has 0 atom stereocenters. The predicted molar refractivity (Wildman–Crippen MR) is 125 cm³/mol. The maximum absolute atomic E-state index is 12.7. The number of benzene rings is 2. The van der Waals surface area contributed by atoms with Gasteiger partial charge >= 0.3 is 0 Å². The standard InChI is InChI=1S/C23H19N3O3S2/c1-15(27)24-18-9-7-16(8-10-18)21-14-31-23(25-21)26-22(28)17-4-2-5-19(12-17)29-13-20-6-3-11-30-20/h2-12,14H,13H2,1H3,(H,24,27)(H,25,26,28). The summed E-state index contributed by atoms with van der Waals surface area (Å²) < 4.78 is 5.78. The van der Waals surface area contributed by atoms with Crippen molar-refractivity contribution < 1.29 is 14.3 Å². The van der Waals surface area contributed by atoms with Gasteiger partial charge in [-0.3, -0.25) is 14.9 Å². The monoisotopic (exact) mass is 449 g/mol. The number of nitrogens with zero attached hydrogens (tertiary/aromatic N) is 1. The fraction of sp³-hybridized carbons (Fsp3) is 0.0870. The molecule has 2 N–H and O–H groups in total. The third-order valence-electron chi connectivity index (χ3n) is 4.28. The summed E-state index contributed by atoms with van der Waals surface area (Å²) in [5.41, 5.74) is 2.87. The summed E-state index contributed by atoms with van der Waals surface area (Å²) in [5.74, 6) is 0.274. The van der Waals surface area contributed by atoms with Crippen LogP contribution >= 0.6 is 22.7 Å². The van der Waals surface area contributed by atoms with Gasteiger partial charge in [-0.2, -0.15) is 0 Å². The Morgan fingerprint density at radius 2 is 1.84 bits per heavy atom. The number of aromatic nitrogens is 1. The third-order valence-corrected chi connectivity index (χ3v) is 5.89. The van der Waals surface area contributed by atoms with Crippen molar-refractivity contribution in [1.29, 1.82) is 0 Å². The van der Waals surface area contributed by atoms with Gasteiger partial charge in [-0.05, 0) is 41.8 Å². The van der Waals surface area contributed by atoms with Crippen molar-refractivity contribution in [3.63, 3.8) is 0 Å². The molecule has 8 heteroatoms. The van der Waals surface area contributed by atoms with Crippen molar-refractivity contribution in [3.8, 4) is 17.0 Å². The average Bonchev–Trinajstić information content (AvgIpc) is 3.45. The van der Waals surface area contributed by atoms with Crippen LogP contribution in [0.25, 0.3) is 11.3 Å². The van der Waals surface area contributed by atoms with E-state index in [0.29, 0.717) is 23.1 Å². The lowest BCUT2D eigenvalue weighted by atomic mass is 10.1. The Hall–Kier alpha value is -3.49. The molecule has 4 aromatic rings. The molecule has 0 bridgehead atoms. The highest BCUT2D eigenvalue weighted by atomic mass is 32.1. The second-order valence-electron chi connectivity index (χ2n) is 6.65. The molecule has 156 valence electrons. The Morgan fingerprint density at radius 1 is 1.00 bits per heavy atom. The Kier molecular flexibility index (Phi) is 6.40. The van der Waals surface area contributed by atoms with E-state index in [4.69, 9.17) is 4.74 Å². The number of anilines is 2. The van der Waals surface area contributed by atoms with Crippen LogP contribution in [0.4, 0.5) is 10.8 Å². The van der Waals surface area contributed by atoms with Crippen LogP contribution in [0.2, 0.25) is 0 Å². The van der Waals surface area contributed by atoms with E-state index in [9.17, 15) is 9.59 Å². The molecule has 0 radical (unpaired) electrons. The van der Waals surface area contributed by atoms with Crippen LogP contribution in [0.1, 0.15) is 22.2 Å². The number of ether oxygens (including phenoxy) is 1. The van der Waals surface area contributed by atoms with Gasteiger partial charge in [0.2, 0.25) is 5.91 Å². The molecule has 31 heavy (non-hydrogen) atoms. The van der Waals surface area contributed by atoms with E-state index in [-0.39, 0.29) is 11.8 Å². The number of carbonyl (C=O) groups excluding carboxylic acids is 2. The zero-order valence-electron chi connectivity index (χ0n) is 16.6. The lowest BCUT2D eigenvalue weighted by Crippen LogP contribution is -2.11. The molecular weight excluding hydrogens is 430 g/mol. The largest absolute Gasteiger partial charge is 0.488 e. The topological polar surface area (TPSA) is 80.3 Å². The average molecular weight is 450 g/mol. The minimum Gasteiger partial charge on any atom is -0.488 e. The normalized spacial score (nSPS) is 10.5. The number of thiazole rings is 1. The maximum Gasteiger partial charge on any atom is 0.257 e. The lowest BCUT2D eigenvalue weighted by Gasteiger charge is -2.07. The summed E-state index contributed by atoms with van der Waals surface area (Å²) in [4.78, 5) is 29.4. The summed E-state index contributed by atoms with van der Waals surface area (Å²) in [6, 6.07) is 18.5. The first kappa shape index (κ1) is 20.8. The van der Waals surface area contributed by atoms with Gasteiger partial charge in [-0.15, -0.1) is 22.7 Å². The number of carbonyl (C=O) groups is 2. The summed E-state index contributed by atoms with van der Waals surface area (Å²) >= 11 is 2.98. The highest BCUT2D eigenvalue weighted by Gasteiger charge is 2.11. The van der Waals surface area contributed by atoms with E-state index in [1.165, 1.54) is 18.3 Å². The summed E-state index contributed by atoms with van der Waals surface area (Å²) in [6.45, 7) is 1.94. The zero-order valence-corrected chi connectivity index (χ0v) is 18.3. The van der Waals surface area contributed by atoms with Crippen molar-refractivity contribution in [2.24, 2.45) is 0 Å². The first-order valence-electron chi connectivity index (χ1n) is 9.47. The van der Waals surface area contributed by atoms with Crippen LogP contribution in [0.5, 0.6) is 5.75 Å². The van der Waals surface area contributed by atoms with Crippen LogP contribution in [0, 0.1) is 0 Å². The van der Waals surface area contributed by atoms with Gasteiger partial charge in [0.05, 0.1) is 5.69 Å². The molecule has 0 spiro atoms. The van der Waals surface area contributed by atoms with E-state index < -0.39 is 0 Å². The summed E-state index contributed by atoms with van der Waals surface area (Å²) in [5, 5.41) is 9.96. The number of rotatable bonds is 7. The quantitative estimate of drug-likeness (QED) is 0.381. The molecule has 0 saturated heterocycles. The van der Waals surface area contributed by atoms with Crippen LogP contribution in [0.3, 0.4) is 0 Å². The number of hydrogen-bond donors (Lipinski definition) is 2. The molecule has 0 aliphatic rings.